The average Bonchev–Trinajstić information content (AvgIpc) is 3.04. The third-order valence-electron chi connectivity index (χ3n) is 3.38. The molecule has 0 saturated carbocycles. The average molecular weight is 291 g/mol. The van der Waals surface area contributed by atoms with E-state index in [-0.39, 0.29) is 12.0 Å². The van der Waals surface area contributed by atoms with Crippen LogP contribution in [0.4, 0.5) is 0 Å². The van der Waals surface area contributed by atoms with E-state index in [1.54, 1.807) is 26.4 Å². The van der Waals surface area contributed by atoms with Gasteiger partial charge in [0.05, 0.1) is 20.3 Å². The van der Waals surface area contributed by atoms with E-state index >= 15 is 0 Å². The quantitative estimate of drug-likeness (QED) is 0.815. The summed E-state index contributed by atoms with van der Waals surface area (Å²) in [5, 5.41) is 2.84. The van der Waals surface area contributed by atoms with Crippen LogP contribution in [0.2, 0.25) is 0 Å². The van der Waals surface area contributed by atoms with Gasteiger partial charge >= 0.3 is 0 Å². The van der Waals surface area contributed by atoms with Gasteiger partial charge in [-0.3, -0.25) is 4.79 Å². The van der Waals surface area contributed by atoms with Crippen molar-refractivity contribution in [2.24, 2.45) is 0 Å². The Hall–Kier alpha value is -2.01. The summed E-state index contributed by atoms with van der Waals surface area (Å²) in [6.45, 7) is 1.35. The van der Waals surface area contributed by atoms with Gasteiger partial charge in [0.2, 0.25) is 5.91 Å². The SMILES string of the molecule is COc1ccc(/C=C/C(=O)NC[C@@H]2CCCO2)c(OC)c1. The van der Waals surface area contributed by atoms with E-state index in [9.17, 15) is 4.79 Å². The molecule has 21 heavy (non-hydrogen) atoms. The Balaban J connectivity index is 1.91. The number of methoxy groups -OCH3 is 2. The number of ether oxygens (including phenoxy) is 3. The molecule has 0 aromatic heterocycles. The van der Waals surface area contributed by atoms with E-state index in [1.165, 1.54) is 6.08 Å². The molecule has 1 atom stereocenters. The van der Waals surface area contributed by atoms with Crippen LogP contribution in [0.1, 0.15) is 18.4 Å². The number of nitrogens with one attached hydrogen (secondary N) is 1. The third-order valence-corrected chi connectivity index (χ3v) is 3.38. The van der Waals surface area contributed by atoms with Crippen LogP contribution in [-0.4, -0.2) is 39.4 Å². The summed E-state index contributed by atoms with van der Waals surface area (Å²) in [6.07, 6.45) is 5.45. The summed E-state index contributed by atoms with van der Waals surface area (Å²) in [4.78, 5) is 11.8. The van der Waals surface area contributed by atoms with Gasteiger partial charge in [0.15, 0.2) is 0 Å². The lowest BCUT2D eigenvalue weighted by molar-refractivity contribution is -0.116. The van der Waals surface area contributed by atoms with Gasteiger partial charge in [0, 0.05) is 30.9 Å². The topological polar surface area (TPSA) is 56.8 Å². The molecule has 1 fully saturated rings. The monoisotopic (exact) mass is 291 g/mol. The van der Waals surface area contributed by atoms with Crippen molar-refractivity contribution in [2.45, 2.75) is 18.9 Å². The highest BCUT2D eigenvalue weighted by molar-refractivity contribution is 5.92. The zero-order chi connectivity index (χ0) is 15.1. The van der Waals surface area contributed by atoms with Crippen LogP contribution in [0.25, 0.3) is 6.08 Å². The molecule has 1 aromatic carbocycles. The molecular formula is C16H21NO4. The zero-order valence-corrected chi connectivity index (χ0v) is 12.4. The van der Waals surface area contributed by atoms with E-state index in [1.807, 2.05) is 12.1 Å². The first-order valence-electron chi connectivity index (χ1n) is 7.02. The molecule has 1 amide bonds. The molecule has 1 heterocycles. The van der Waals surface area contributed by atoms with Crippen molar-refractivity contribution in [1.29, 1.82) is 0 Å². The van der Waals surface area contributed by atoms with Gasteiger partial charge in [-0.2, -0.15) is 0 Å². The highest BCUT2D eigenvalue weighted by Gasteiger charge is 2.15. The third kappa shape index (κ3) is 4.49. The lowest BCUT2D eigenvalue weighted by Crippen LogP contribution is -2.30. The number of carbonyl (C=O) groups excluding carboxylic acids is 1. The Bertz CT molecular complexity index is 507. The maximum atomic E-state index is 11.8. The molecule has 5 heteroatoms. The van der Waals surface area contributed by atoms with Crippen LogP contribution in [0, 0.1) is 0 Å². The molecule has 0 unspecified atom stereocenters. The van der Waals surface area contributed by atoms with E-state index in [0.717, 1.165) is 25.0 Å². The molecule has 1 aliphatic rings. The summed E-state index contributed by atoms with van der Waals surface area (Å²) in [5.74, 6) is 1.24. The molecule has 1 aliphatic heterocycles. The minimum absolute atomic E-state index is 0.136. The lowest BCUT2D eigenvalue weighted by Gasteiger charge is -2.09. The number of rotatable bonds is 6. The molecule has 2 rings (SSSR count). The summed E-state index contributed by atoms with van der Waals surface area (Å²) < 4.78 is 15.9. The molecule has 0 spiro atoms. The first-order chi connectivity index (χ1) is 10.2. The smallest absolute Gasteiger partial charge is 0.244 e. The molecule has 114 valence electrons. The Kier molecular flexibility index (Phi) is 5.63. The van der Waals surface area contributed by atoms with Crippen molar-refractivity contribution >= 4 is 12.0 Å². The number of hydrogen-bond acceptors (Lipinski definition) is 4. The predicted octanol–water partition coefficient (Wildman–Crippen LogP) is 2.01. The first-order valence-corrected chi connectivity index (χ1v) is 7.02. The fourth-order valence-corrected chi connectivity index (χ4v) is 2.20. The maximum Gasteiger partial charge on any atom is 0.244 e. The number of benzene rings is 1. The van der Waals surface area contributed by atoms with Crippen LogP contribution >= 0.6 is 0 Å². The van der Waals surface area contributed by atoms with Crippen LogP contribution < -0.4 is 14.8 Å². The minimum Gasteiger partial charge on any atom is -0.497 e. The molecule has 0 aliphatic carbocycles. The van der Waals surface area contributed by atoms with Crippen LogP contribution in [0.3, 0.4) is 0 Å². The zero-order valence-electron chi connectivity index (χ0n) is 12.4. The van der Waals surface area contributed by atoms with Crippen molar-refractivity contribution in [3.63, 3.8) is 0 Å². The van der Waals surface area contributed by atoms with Crippen molar-refractivity contribution in [3.05, 3.63) is 29.8 Å². The molecular weight excluding hydrogens is 270 g/mol. The van der Waals surface area contributed by atoms with E-state index < -0.39 is 0 Å². The number of hydrogen-bond donors (Lipinski definition) is 1. The minimum atomic E-state index is -0.136. The van der Waals surface area contributed by atoms with E-state index in [4.69, 9.17) is 14.2 Å². The molecule has 0 bridgehead atoms. The molecule has 0 radical (unpaired) electrons. The molecule has 1 N–H and O–H groups in total. The Morgan fingerprint density at radius 1 is 1.43 bits per heavy atom. The van der Waals surface area contributed by atoms with Crippen LogP contribution in [0.15, 0.2) is 24.3 Å². The van der Waals surface area contributed by atoms with Crippen molar-refractivity contribution in [1.82, 2.24) is 5.32 Å². The summed E-state index contributed by atoms with van der Waals surface area (Å²) >= 11 is 0. The molecule has 5 nitrogen and oxygen atoms in total. The largest absolute Gasteiger partial charge is 0.497 e. The lowest BCUT2D eigenvalue weighted by atomic mass is 10.1. The summed E-state index contributed by atoms with van der Waals surface area (Å²) in [7, 11) is 3.19. The van der Waals surface area contributed by atoms with E-state index in [0.29, 0.717) is 18.0 Å². The van der Waals surface area contributed by atoms with Gasteiger partial charge < -0.3 is 19.5 Å². The molecule has 1 aromatic rings. The Morgan fingerprint density at radius 2 is 2.29 bits per heavy atom. The number of carbonyl (C=O) groups is 1. The normalized spacial score (nSPS) is 17.9. The van der Waals surface area contributed by atoms with Gasteiger partial charge in [-0.1, -0.05) is 0 Å². The fourth-order valence-electron chi connectivity index (χ4n) is 2.20. The highest BCUT2D eigenvalue weighted by atomic mass is 16.5. The van der Waals surface area contributed by atoms with Gasteiger partial charge in [-0.15, -0.1) is 0 Å². The van der Waals surface area contributed by atoms with Gasteiger partial charge in [0.1, 0.15) is 11.5 Å². The number of amides is 1. The Morgan fingerprint density at radius 3 is 2.95 bits per heavy atom. The fraction of sp³-hybridized carbons (Fsp3) is 0.438. The maximum absolute atomic E-state index is 11.8. The second kappa shape index (κ2) is 7.69. The second-order valence-electron chi connectivity index (χ2n) is 4.82. The summed E-state index contributed by atoms with van der Waals surface area (Å²) in [5.41, 5.74) is 0.825. The van der Waals surface area contributed by atoms with Crippen molar-refractivity contribution in [2.75, 3.05) is 27.4 Å². The van der Waals surface area contributed by atoms with Crippen molar-refractivity contribution < 1.29 is 19.0 Å². The van der Waals surface area contributed by atoms with Gasteiger partial charge in [-0.05, 0) is 31.1 Å². The molecule has 1 saturated heterocycles. The first kappa shape index (κ1) is 15.4. The predicted molar refractivity (Wildman–Crippen MR) is 80.6 cm³/mol. The van der Waals surface area contributed by atoms with Crippen LogP contribution in [-0.2, 0) is 9.53 Å². The summed E-state index contributed by atoms with van der Waals surface area (Å²) in [6, 6.07) is 5.46. The van der Waals surface area contributed by atoms with E-state index in [2.05, 4.69) is 5.32 Å². The Labute approximate surface area is 124 Å². The highest BCUT2D eigenvalue weighted by Crippen LogP contribution is 2.25. The van der Waals surface area contributed by atoms with Crippen LogP contribution in [0.5, 0.6) is 11.5 Å². The van der Waals surface area contributed by atoms with Crippen molar-refractivity contribution in [3.8, 4) is 11.5 Å². The standard InChI is InChI=1S/C16H21NO4/c1-19-13-7-5-12(15(10-13)20-2)6-8-16(18)17-11-14-4-3-9-21-14/h5-8,10,14H,3-4,9,11H2,1-2H3,(H,17,18)/b8-6+/t14-/m0/s1. The van der Waals surface area contributed by atoms with Gasteiger partial charge in [0.25, 0.3) is 0 Å². The van der Waals surface area contributed by atoms with Gasteiger partial charge in [-0.25, -0.2) is 0 Å². The second-order valence-corrected chi connectivity index (χ2v) is 4.82.